The number of carbonyl (C=O) groups is 1. The number of hydrogen-bond acceptors (Lipinski definition) is 5. The summed E-state index contributed by atoms with van der Waals surface area (Å²) >= 11 is 1.80. The second-order valence-corrected chi connectivity index (χ2v) is 5.81. The van der Waals surface area contributed by atoms with Crippen molar-refractivity contribution >= 4 is 28.7 Å². The minimum atomic E-state index is -0.344. The summed E-state index contributed by atoms with van der Waals surface area (Å²) in [6, 6.07) is 7.56. The van der Waals surface area contributed by atoms with Crippen LogP contribution < -0.4 is 10.6 Å². The highest BCUT2D eigenvalue weighted by Crippen LogP contribution is 2.31. The Bertz CT molecular complexity index is 651. The van der Waals surface area contributed by atoms with Gasteiger partial charge in [-0.25, -0.2) is 4.79 Å². The molecule has 0 aliphatic carbocycles. The van der Waals surface area contributed by atoms with E-state index in [9.17, 15) is 4.79 Å². The van der Waals surface area contributed by atoms with Crippen molar-refractivity contribution in [2.45, 2.75) is 13.0 Å². The smallest absolute Gasteiger partial charge is 0.340 e. The first kappa shape index (κ1) is 13.0. The molecule has 1 aliphatic heterocycles. The number of anilines is 2. The molecule has 1 aromatic carbocycles. The van der Waals surface area contributed by atoms with E-state index in [1.807, 2.05) is 12.1 Å². The van der Waals surface area contributed by atoms with Crippen molar-refractivity contribution in [1.29, 1.82) is 0 Å². The first-order valence-electron chi connectivity index (χ1n) is 6.47. The van der Waals surface area contributed by atoms with Crippen molar-refractivity contribution < 1.29 is 9.53 Å². The van der Waals surface area contributed by atoms with Crippen LogP contribution in [-0.4, -0.2) is 19.6 Å². The van der Waals surface area contributed by atoms with Crippen LogP contribution in [0.15, 0.2) is 29.6 Å². The molecule has 20 heavy (non-hydrogen) atoms. The maximum Gasteiger partial charge on any atom is 0.340 e. The lowest BCUT2D eigenvalue weighted by Crippen LogP contribution is -2.30. The van der Waals surface area contributed by atoms with Gasteiger partial charge in [0.15, 0.2) is 0 Å². The first-order valence-corrected chi connectivity index (χ1v) is 7.35. The molecule has 104 valence electrons. The number of esters is 1. The molecule has 0 saturated carbocycles. The molecule has 5 heteroatoms. The molecule has 2 heterocycles. The molecule has 0 radical (unpaired) electrons. The predicted molar refractivity (Wildman–Crippen MR) is 81.3 cm³/mol. The van der Waals surface area contributed by atoms with Crippen molar-refractivity contribution in [3.63, 3.8) is 0 Å². The number of methoxy groups -OCH3 is 1. The summed E-state index contributed by atoms with van der Waals surface area (Å²) in [4.78, 5) is 15.6. The Morgan fingerprint density at radius 2 is 2.25 bits per heavy atom. The summed E-state index contributed by atoms with van der Waals surface area (Å²) < 4.78 is 4.86. The number of carbonyl (C=O) groups excluding carboxylic acids is 1. The number of thiophene rings is 1. The summed E-state index contributed by atoms with van der Waals surface area (Å²) in [5, 5.41) is 2.12. The van der Waals surface area contributed by atoms with Crippen LogP contribution in [0.2, 0.25) is 0 Å². The van der Waals surface area contributed by atoms with Gasteiger partial charge in [-0.2, -0.15) is 0 Å². The fourth-order valence-corrected chi connectivity index (χ4v) is 3.45. The fraction of sp³-hybridized carbons (Fsp3) is 0.267. The zero-order valence-electron chi connectivity index (χ0n) is 11.3. The van der Waals surface area contributed by atoms with E-state index >= 15 is 0 Å². The Labute approximate surface area is 121 Å². The average molecular weight is 288 g/mol. The van der Waals surface area contributed by atoms with E-state index in [-0.39, 0.29) is 5.97 Å². The maximum absolute atomic E-state index is 11.9. The highest BCUT2D eigenvalue weighted by molar-refractivity contribution is 7.10. The maximum atomic E-state index is 11.9. The molecule has 2 N–H and O–H groups in total. The van der Waals surface area contributed by atoms with Crippen molar-refractivity contribution in [2.75, 3.05) is 24.3 Å². The molecular formula is C15H16N2O2S. The van der Waals surface area contributed by atoms with E-state index in [0.29, 0.717) is 11.3 Å². The zero-order chi connectivity index (χ0) is 14.1. The Morgan fingerprint density at radius 1 is 1.40 bits per heavy atom. The standard InChI is InChI=1S/C15H16N2O2S/c1-19-15(18)12-8-11(16)2-3-13(12)17-6-4-14-10(9-17)5-7-20-14/h2-3,5,7-8H,4,6,9,16H2,1H3. The molecule has 0 unspecified atom stereocenters. The highest BCUT2D eigenvalue weighted by Gasteiger charge is 2.22. The summed E-state index contributed by atoms with van der Waals surface area (Å²) in [7, 11) is 1.39. The third kappa shape index (κ3) is 2.25. The van der Waals surface area contributed by atoms with Crippen LogP contribution in [-0.2, 0) is 17.7 Å². The monoisotopic (exact) mass is 288 g/mol. The van der Waals surface area contributed by atoms with Gasteiger partial charge in [-0.3, -0.25) is 0 Å². The number of benzene rings is 1. The van der Waals surface area contributed by atoms with Gasteiger partial charge in [0.2, 0.25) is 0 Å². The van der Waals surface area contributed by atoms with Crippen LogP contribution in [0.1, 0.15) is 20.8 Å². The number of nitrogen functional groups attached to an aromatic ring is 1. The van der Waals surface area contributed by atoms with Crippen molar-refractivity contribution in [2.24, 2.45) is 0 Å². The van der Waals surface area contributed by atoms with E-state index in [1.54, 1.807) is 17.4 Å². The fourth-order valence-electron chi connectivity index (χ4n) is 2.56. The quantitative estimate of drug-likeness (QED) is 0.682. The third-order valence-electron chi connectivity index (χ3n) is 3.57. The molecule has 0 saturated heterocycles. The van der Waals surface area contributed by atoms with Gasteiger partial charge in [-0.1, -0.05) is 0 Å². The molecule has 0 bridgehead atoms. The van der Waals surface area contributed by atoms with E-state index in [1.165, 1.54) is 17.6 Å². The molecule has 0 fully saturated rings. The first-order chi connectivity index (χ1) is 9.69. The normalized spacial score (nSPS) is 13.9. The van der Waals surface area contributed by atoms with Gasteiger partial charge in [-0.15, -0.1) is 11.3 Å². The number of hydrogen-bond donors (Lipinski definition) is 1. The van der Waals surface area contributed by atoms with Crippen molar-refractivity contribution in [3.05, 3.63) is 45.6 Å². The van der Waals surface area contributed by atoms with Crippen LogP contribution in [0, 0.1) is 0 Å². The molecule has 3 rings (SSSR count). The molecule has 0 amide bonds. The molecular weight excluding hydrogens is 272 g/mol. The second-order valence-electron chi connectivity index (χ2n) is 4.81. The lowest BCUT2D eigenvalue weighted by molar-refractivity contribution is 0.0601. The SMILES string of the molecule is COC(=O)c1cc(N)ccc1N1CCc2sccc2C1. The topological polar surface area (TPSA) is 55.6 Å². The second kappa shape index (κ2) is 5.17. The molecule has 0 atom stereocenters. The van der Waals surface area contributed by atoms with Gasteiger partial charge in [0.05, 0.1) is 18.4 Å². The molecule has 4 nitrogen and oxygen atoms in total. The Morgan fingerprint density at radius 3 is 3.05 bits per heavy atom. The summed E-state index contributed by atoms with van der Waals surface area (Å²) in [5.74, 6) is -0.344. The van der Waals surface area contributed by atoms with E-state index in [4.69, 9.17) is 10.5 Å². The molecule has 1 aromatic heterocycles. The number of nitrogens with zero attached hydrogens (tertiary/aromatic N) is 1. The number of fused-ring (bicyclic) bond motifs is 1. The van der Waals surface area contributed by atoms with Crippen LogP contribution in [0.4, 0.5) is 11.4 Å². The zero-order valence-corrected chi connectivity index (χ0v) is 12.1. The largest absolute Gasteiger partial charge is 0.465 e. The van der Waals surface area contributed by atoms with E-state index < -0.39 is 0 Å². The van der Waals surface area contributed by atoms with Crippen LogP contribution >= 0.6 is 11.3 Å². The summed E-state index contributed by atoms with van der Waals surface area (Å²) in [5.41, 5.74) is 9.12. The highest BCUT2D eigenvalue weighted by atomic mass is 32.1. The Kier molecular flexibility index (Phi) is 3.36. The minimum absolute atomic E-state index is 0.344. The third-order valence-corrected chi connectivity index (χ3v) is 4.60. The Balaban J connectivity index is 1.97. The van der Waals surface area contributed by atoms with Crippen LogP contribution in [0.3, 0.4) is 0 Å². The lowest BCUT2D eigenvalue weighted by atomic mass is 10.1. The summed E-state index contributed by atoms with van der Waals surface area (Å²) in [6.07, 6.45) is 1.01. The van der Waals surface area contributed by atoms with Gasteiger partial charge in [0.1, 0.15) is 0 Å². The summed E-state index contributed by atoms with van der Waals surface area (Å²) in [6.45, 7) is 1.73. The molecule has 0 spiro atoms. The van der Waals surface area contributed by atoms with Gasteiger partial charge in [-0.05, 0) is 41.6 Å². The van der Waals surface area contributed by atoms with Crippen molar-refractivity contribution in [3.8, 4) is 0 Å². The molecule has 1 aliphatic rings. The van der Waals surface area contributed by atoms with Gasteiger partial charge >= 0.3 is 5.97 Å². The Hall–Kier alpha value is -2.01. The van der Waals surface area contributed by atoms with Crippen LogP contribution in [0.25, 0.3) is 0 Å². The number of rotatable bonds is 2. The predicted octanol–water partition coefficient (Wildman–Crippen LogP) is 2.68. The van der Waals surface area contributed by atoms with Crippen molar-refractivity contribution in [1.82, 2.24) is 0 Å². The average Bonchev–Trinajstić information content (AvgIpc) is 2.93. The number of nitrogens with two attached hydrogens (primary N) is 1. The van der Waals surface area contributed by atoms with E-state index in [0.717, 1.165) is 25.2 Å². The van der Waals surface area contributed by atoms with Gasteiger partial charge < -0.3 is 15.4 Å². The van der Waals surface area contributed by atoms with Crippen LogP contribution in [0.5, 0.6) is 0 Å². The van der Waals surface area contributed by atoms with Gasteiger partial charge in [0, 0.05) is 23.7 Å². The lowest BCUT2D eigenvalue weighted by Gasteiger charge is -2.30. The number of ether oxygens (including phenoxy) is 1. The molecule has 2 aromatic rings. The van der Waals surface area contributed by atoms with E-state index in [2.05, 4.69) is 16.3 Å². The van der Waals surface area contributed by atoms with Gasteiger partial charge in [0.25, 0.3) is 0 Å². The minimum Gasteiger partial charge on any atom is -0.465 e.